The lowest BCUT2D eigenvalue weighted by atomic mass is 9.96. The van der Waals surface area contributed by atoms with Crippen LogP contribution in [0.4, 0.5) is 13.2 Å². The van der Waals surface area contributed by atoms with Crippen molar-refractivity contribution in [2.75, 3.05) is 19.8 Å². The smallest absolute Gasteiger partial charge is 0.201 e. The van der Waals surface area contributed by atoms with E-state index in [4.69, 9.17) is 14.2 Å². The molecule has 0 aromatic heterocycles. The van der Waals surface area contributed by atoms with Gasteiger partial charge in [-0.15, -0.1) is 0 Å². The summed E-state index contributed by atoms with van der Waals surface area (Å²) in [6.45, 7) is 5.31. The number of hydrogen-bond donors (Lipinski definition) is 0. The zero-order valence-corrected chi connectivity index (χ0v) is 16.8. The Balaban J connectivity index is 1.76. The van der Waals surface area contributed by atoms with Crippen molar-refractivity contribution < 1.29 is 27.4 Å². The second-order valence-corrected chi connectivity index (χ2v) is 7.16. The van der Waals surface area contributed by atoms with Crippen LogP contribution < -0.4 is 4.74 Å². The second-order valence-electron chi connectivity index (χ2n) is 7.16. The quantitative estimate of drug-likeness (QED) is 0.486. The molecular formula is C23H27F3O3. The van der Waals surface area contributed by atoms with Crippen molar-refractivity contribution in [2.45, 2.75) is 51.7 Å². The Morgan fingerprint density at radius 1 is 1.00 bits per heavy atom. The third-order valence-electron chi connectivity index (χ3n) is 5.09. The zero-order valence-electron chi connectivity index (χ0n) is 16.8. The molecule has 2 unspecified atom stereocenters. The molecular weight excluding hydrogens is 381 g/mol. The number of halogens is 3. The molecule has 1 heterocycles. The van der Waals surface area contributed by atoms with Gasteiger partial charge in [-0.2, -0.15) is 4.39 Å². The molecule has 0 bridgehead atoms. The fourth-order valence-corrected chi connectivity index (χ4v) is 3.49. The van der Waals surface area contributed by atoms with Crippen molar-refractivity contribution in [1.82, 2.24) is 0 Å². The summed E-state index contributed by atoms with van der Waals surface area (Å²) in [5.74, 6) is -2.98. The Morgan fingerprint density at radius 2 is 1.79 bits per heavy atom. The number of benzene rings is 2. The van der Waals surface area contributed by atoms with E-state index >= 15 is 0 Å². The second kappa shape index (κ2) is 10.1. The highest BCUT2D eigenvalue weighted by Gasteiger charge is 2.25. The first-order valence-electron chi connectivity index (χ1n) is 10.2. The normalized spacial score (nSPS) is 19.3. The van der Waals surface area contributed by atoms with Crippen LogP contribution in [0.3, 0.4) is 0 Å². The van der Waals surface area contributed by atoms with E-state index in [-0.39, 0.29) is 29.1 Å². The molecule has 1 fully saturated rings. The third kappa shape index (κ3) is 5.11. The molecule has 0 radical (unpaired) electrons. The number of hydrogen-bond acceptors (Lipinski definition) is 3. The van der Waals surface area contributed by atoms with Crippen LogP contribution in [0, 0.1) is 17.5 Å². The summed E-state index contributed by atoms with van der Waals surface area (Å²) in [5.41, 5.74) is 0.560. The average molecular weight is 408 g/mol. The van der Waals surface area contributed by atoms with Gasteiger partial charge in [-0.25, -0.2) is 8.78 Å². The van der Waals surface area contributed by atoms with E-state index in [1.807, 2.05) is 13.8 Å². The summed E-state index contributed by atoms with van der Waals surface area (Å²) in [4.78, 5) is 0. The molecule has 0 amide bonds. The van der Waals surface area contributed by atoms with Crippen molar-refractivity contribution in [3.63, 3.8) is 0 Å². The Hall–Kier alpha value is -2.05. The predicted molar refractivity (Wildman–Crippen MR) is 105 cm³/mol. The molecule has 1 aliphatic heterocycles. The van der Waals surface area contributed by atoms with Crippen LogP contribution in [0.2, 0.25) is 0 Å². The molecule has 1 aliphatic rings. The highest BCUT2D eigenvalue weighted by molar-refractivity contribution is 5.66. The minimum Gasteiger partial charge on any atom is -0.490 e. The first-order valence-corrected chi connectivity index (χ1v) is 10.2. The van der Waals surface area contributed by atoms with Crippen LogP contribution >= 0.6 is 0 Å². The minimum atomic E-state index is -1.11. The van der Waals surface area contributed by atoms with Crippen molar-refractivity contribution in [2.24, 2.45) is 0 Å². The van der Waals surface area contributed by atoms with Gasteiger partial charge in [-0.05, 0) is 49.9 Å². The van der Waals surface area contributed by atoms with E-state index in [1.54, 1.807) is 6.07 Å². The van der Waals surface area contributed by atoms with Gasteiger partial charge in [0.2, 0.25) is 5.82 Å². The van der Waals surface area contributed by atoms with Gasteiger partial charge in [0.25, 0.3) is 0 Å². The lowest BCUT2D eigenvalue weighted by molar-refractivity contribution is -0.0840. The fourth-order valence-electron chi connectivity index (χ4n) is 3.49. The van der Waals surface area contributed by atoms with Crippen molar-refractivity contribution in [3.8, 4) is 16.9 Å². The summed E-state index contributed by atoms with van der Waals surface area (Å²) in [6.07, 6.45) is 3.02. The van der Waals surface area contributed by atoms with Crippen LogP contribution in [0.25, 0.3) is 11.1 Å². The molecule has 6 heteroatoms. The predicted octanol–water partition coefficient (Wildman–Crippen LogP) is 6.21. The molecule has 2 atom stereocenters. The highest BCUT2D eigenvalue weighted by Crippen LogP contribution is 2.35. The van der Waals surface area contributed by atoms with E-state index < -0.39 is 17.5 Å². The first kappa shape index (κ1) is 21.7. The third-order valence-corrected chi connectivity index (χ3v) is 5.09. The van der Waals surface area contributed by atoms with Gasteiger partial charge < -0.3 is 14.2 Å². The van der Waals surface area contributed by atoms with Crippen LogP contribution in [0.1, 0.15) is 51.2 Å². The summed E-state index contributed by atoms with van der Waals surface area (Å²) in [6, 6.07) is 7.20. The molecule has 0 aliphatic carbocycles. The number of rotatable bonds is 8. The Kier molecular flexibility index (Phi) is 7.56. The maximum absolute atomic E-state index is 14.7. The van der Waals surface area contributed by atoms with Gasteiger partial charge >= 0.3 is 0 Å². The standard InChI is InChI=1S/C23H27F3O3/c1-3-5-12-28-21-11-9-18(22(25)23(21)26)17-8-6-15(13-19(17)24)20-10-7-16(14-29-20)27-4-2/h6,8-9,11,13,16,20H,3-5,7,10,12,14H2,1-2H3. The lowest BCUT2D eigenvalue weighted by Crippen LogP contribution is -2.27. The van der Waals surface area contributed by atoms with E-state index in [2.05, 4.69) is 0 Å². The minimum absolute atomic E-state index is 0.00765. The molecule has 2 aromatic rings. The largest absolute Gasteiger partial charge is 0.490 e. The maximum Gasteiger partial charge on any atom is 0.201 e. The summed E-state index contributed by atoms with van der Waals surface area (Å²) in [5, 5.41) is 0. The van der Waals surface area contributed by atoms with Gasteiger partial charge in [0.05, 0.1) is 25.4 Å². The summed E-state index contributed by atoms with van der Waals surface area (Å²) < 4.78 is 60.2. The van der Waals surface area contributed by atoms with E-state index in [9.17, 15) is 13.2 Å². The number of unbranched alkanes of at least 4 members (excludes halogenated alkanes) is 1. The average Bonchev–Trinajstić information content (AvgIpc) is 2.73. The first-order chi connectivity index (χ1) is 14.0. The molecule has 2 aromatic carbocycles. The van der Waals surface area contributed by atoms with E-state index in [0.717, 1.165) is 25.7 Å². The maximum atomic E-state index is 14.7. The van der Waals surface area contributed by atoms with Crippen LogP contribution in [-0.4, -0.2) is 25.9 Å². The van der Waals surface area contributed by atoms with Crippen LogP contribution in [0.5, 0.6) is 5.75 Å². The van der Waals surface area contributed by atoms with Gasteiger partial charge in [-0.3, -0.25) is 0 Å². The van der Waals surface area contributed by atoms with Gasteiger partial charge in [0, 0.05) is 17.7 Å². The Bertz CT molecular complexity index is 817. The molecule has 0 N–H and O–H groups in total. The lowest BCUT2D eigenvalue weighted by Gasteiger charge is -2.29. The van der Waals surface area contributed by atoms with E-state index in [1.165, 1.54) is 24.3 Å². The van der Waals surface area contributed by atoms with Crippen molar-refractivity contribution in [3.05, 3.63) is 53.3 Å². The zero-order chi connectivity index (χ0) is 20.8. The Labute approximate surface area is 169 Å². The molecule has 3 rings (SSSR count). The molecule has 29 heavy (non-hydrogen) atoms. The topological polar surface area (TPSA) is 27.7 Å². The van der Waals surface area contributed by atoms with Gasteiger partial charge in [0.15, 0.2) is 11.6 Å². The molecule has 1 saturated heterocycles. The van der Waals surface area contributed by atoms with Crippen molar-refractivity contribution >= 4 is 0 Å². The van der Waals surface area contributed by atoms with Crippen molar-refractivity contribution in [1.29, 1.82) is 0 Å². The SMILES string of the molecule is CCCCOc1ccc(-c2ccc(C3CCC(OCC)CO3)cc2F)c(F)c1F. The van der Waals surface area contributed by atoms with Crippen LogP contribution in [-0.2, 0) is 9.47 Å². The Morgan fingerprint density at radius 3 is 2.45 bits per heavy atom. The summed E-state index contributed by atoms with van der Waals surface area (Å²) >= 11 is 0. The fraction of sp³-hybridized carbons (Fsp3) is 0.478. The molecule has 0 spiro atoms. The van der Waals surface area contributed by atoms with Gasteiger partial charge in [-0.1, -0.05) is 25.5 Å². The monoisotopic (exact) mass is 408 g/mol. The summed E-state index contributed by atoms with van der Waals surface area (Å²) in [7, 11) is 0. The van der Waals surface area contributed by atoms with Crippen LogP contribution in [0.15, 0.2) is 30.3 Å². The van der Waals surface area contributed by atoms with E-state index in [0.29, 0.717) is 25.4 Å². The number of ether oxygens (including phenoxy) is 3. The highest BCUT2D eigenvalue weighted by atomic mass is 19.2. The molecule has 3 nitrogen and oxygen atoms in total. The molecule has 158 valence electrons. The molecule has 0 saturated carbocycles. The van der Waals surface area contributed by atoms with Gasteiger partial charge in [0.1, 0.15) is 5.82 Å².